The van der Waals surface area contributed by atoms with Crippen LogP contribution in [0.25, 0.3) is 0 Å². The summed E-state index contributed by atoms with van der Waals surface area (Å²) in [6.07, 6.45) is 2.98. The second-order valence-electron chi connectivity index (χ2n) is 9.28. The van der Waals surface area contributed by atoms with Gasteiger partial charge in [0.25, 0.3) is 5.91 Å². The van der Waals surface area contributed by atoms with E-state index < -0.39 is 35.8 Å². The number of rotatable bonds is 7. The molecule has 2 aromatic rings. The quantitative estimate of drug-likeness (QED) is 0.539. The van der Waals surface area contributed by atoms with Crippen LogP contribution in [0.3, 0.4) is 0 Å². The monoisotopic (exact) mass is 497 g/mol. The molecule has 9 nitrogen and oxygen atoms in total. The molecule has 1 saturated heterocycles. The van der Waals surface area contributed by atoms with Crippen LogP contribution in [0.2, 0.25) is 0 Å². The van der Waals surface area contributed by atoms with Crippen molar-refractivity contribution in [1.29, 1.82) is 0 Å². The third-order valence-electron chi connectivity index (χ3n) is 6.96. The van der Waals surface area contributed by atoms with Gasteiger partial charge in [-0.05, 0) is 62.9 Å². The van der Waals surface area contributed by atoms with Crippen molar-refractivity contribution in [2.75, 3.05) is 30.5 Å². The van der Waals surface area contributed by atoms with E-state index in [-0.39, 0.29) is 23.9 Å². The predicted octanol–water partition coefficient (Wildman–Crippen LogP) is 1.94. The summed E-state index contributed by atoms with van der Waals surface area (Å²) in [5, 5.41) is 8.47. The third-order valence-corrected chi connectivity index (χ3v) is 6.96. The average Bonchev–Trinajstić information content (AvgIpc) is 3.28. The number of aryl methyl sites for hydroxylation is 1. The second kappa shape index (κ2) is 11.1. The molecule has 3 atom stereocenters. The Bertz CT molecular complexity index is 1120. The van der Waals surface area contributed by atoms with Crippen molar-refractivity contribution in [3.8, 4) is 0 Å². The number of hydrogen-bond donors (Lipinski definition) is 3. The molecule has 3 heterocycles. The Morgan fingerprint density at radius 3 is 2.61 bits per heavy atom. The summed E-state index contributed by atoms with van der Waals surface area (Å²) in [5.41, 5.74) is 1.39. The van der Waals surface area contributed by atoms with Crippen molar-refractivity contribution in [3.05, 3.63) is 53.5 Å². The molecule has 10 heteroatoms. The van der Waals surface area contributed by atoms with Gasteiger partial charge in [0.1, 0.15) is 23.7 Å². The first-order valence-corrected chi connectivity index (χ1v) is 12.2. The van der Waals surface area contributed by atoms with E-state index in [9.17, 15) is 18.8 Å². The van der Waals surface area contributed by atoms with Gasteiger partial charge in [0.05, 0.1) is 11.7 Å². The van der Waals surface area contributed by atoms with Crippen molar-refractivity contribution in [1.82, 2.24) is 15.6 Å². The van der Waals surface area contributed by atoms with E-state index in [1.807, 2.05) is 6.07 Å². The zero-order valence-electron chi connectivity index (χ0n) is 20.7. The molecule has 1 aromatic carbocycles. The number of likely N-dealkylation sites (N-methyl/N-ethyl adjacent to an activating group) is 1. The first-order valence-electron chi connectivity index (χ1n) is 12.2. The maximum atomic E-state index is 14.5. The number of benzene rings is 1. The Kier molecular flexibility index (Phi) is 7.95. The molecule has 2 aliphatic heterocycles. The fourth-order valence-electron chi connectivity index (χ4n) is 4.71. The molecule has 2 aliphatic rings. The van der Waals surface area contributed by atoms with Gasteiger partial charge in [-0.25, -0.2) is 9.37 Å². The number of nitrogens with zero attached hydrogens (tertiary/aromatic N) is 2. The zero-order valence-corrected chi connectivity index (χ0v) is 20.7. The number of ether oxygens (including phenoxy) is 1. The Labute approximate surface area is 209 Å². The minimum atomic E-state index is -0.942. The highest BCUT2D eigenvalue weighted by atomic mass is 19.1. The van der Waals surface area contributed by atoms with Crippen LogP contribution in [0.5, 0.6) is 0 Å². The summed E-state index contributed by atoms with van der Waals surface area (Å²) in [5.74, 6) is -1.59. The smallest absolute Gasteiger partial charge is 0.251 e. The van der Waals surface area contributed by atoms with E-state index in [0.717, 1.165) is 5.56 Å². The number of anilines is 2. The van der Waals surface area contributed by atoms with Gasteiger partial charge in [-0.2, -0.15) is 0 Å². The van der Waals surface area contributed by atoms with Crippen LogP contribution in [-0.4, -0.2) is 61.1 Å². The SMILES string of the molecule is CN[C@@H](C)C(=O)N[C@H](C(=O)N1c2ncccc2C[C@H]1C(=O)Nc1c(C)cccc1F)C1CCOCC1. The van der Waals surface area contributed by atoms with Crippen LogP contribution in [0.15, 0.2) is 36.5 Å². The Morgan fingerprint density at radius 2 is 1.92 bits per heavy atom. The van der Waals surface area contributed by atoms with E-state index in [2.05, 4.69) is 20.9 Å². The molecule has 192 valence electrons. The zero-order chi connectivity index (χ0) is 25.8. The summed E-state index contributed by atoms with van der Waals surface area (Å²) in [6.45, 7) is 4.38. The largest absolute Gasteiger partial charge is 0.381 e. The van der Waals surface area contributed by atoms with Crippen LogP contribution in [0.1, 0.15) is 30.9 Å². The van der Waals surface area contributed by atoms with Crippen molar-refractivity contribution in [2.24, 2.45) is 5.92 Å². The molecule has 1 fully saturated rings. The lowest BCUT2D eigenvalue weighted by molar-refractivity contribution is -0.131. The van der Waals surface area contributed by atoms with E-state index in [4.69, 9.17) is 4.74 Å². The van der Waals surface area contributed by atoms with Gasteiger partial charge in [0.15, 0.2) is 0 Å². The normalized spacial score (nSPS) is 19.3. The van der Waals surface area contributed by atoms with Gasteiger partial charge in [-0.1, -0.05) is 18.2 Å². The number of para-hydroxylation sites is 1. The van der Waals surface area contributed by atoms with Crippen molar-refractivity contribution < 1.29 is 23.5 Å². The number of hydrogen-bond acceptors (Lipinski definition) is 6. The lowest BCUT2D eigenvalue weighted by atomic mass is 9.90. The van der Waals surface area contributed by atoms with Crippen molar-refractivity contribution in [3.63, 3.8) is 0 Å². The summed E-state index contributed by atoms with van der Waals surface area (Å²) >= 11 is 0. The van der Waals surface area contributed by atoms with E-state index in [1.54, 1.807) is 45.3 Å². The maximum absolute atomic E-state index is 14.5. The molecule has 0 saturated carbocycles. The second-order valence-corrected chi connectivity index (χ2v) is 9.28. The first-order chi connectivity index (χ1) is 17.3. The van der Waals surface area contributed by atoms with Gasteiger partial charge in [-0.3, -0.25) is 19.3 Å². The number of pyridine rings is 1. The highest BCUT2D eigenvalue weighted by molar-refractivity contribution is 6.09. The van der Waals surface area contributed by atoms with E-state index >= 15 is 0 Å². The van der Waals surface area contributed by atoms with E-state index in [1.165, 1.54) is 11.0 Å². The number of carbonyl (C=O) groups is 3. The molecule has 36 heavy (non-hydrogen) atoms. The van der Waals surface area contributed by atoms with Gasteiger partial charge < -0.3 is 20.7 Å². The van der Waals surface area contributed by atoms with Crippen LogP contribution in [0, 0.1) is 18.7 Å². The van der Waals surface area contributed by atoms with Gasteiger partial charge >= 0.3 is 0 Å². The fourth-order valence-corrected chi connectivity index (χ4v) is 4.71. The summed E-state index contributed by atoms with van der Waals surface area (Å²) in [6, 6.07) is 5.79. The number of amides is 3. The summed E-state index contributed by atoms with van der Waals surface area (Å²) < 4.78 is 19.9. The third kappa shape index (κ3) is 5.24. The maximum Gasteiger partial charge on any atom is 0.251 e. The Hall–Kier alpha value is -3.37. The van der Waals surface area contributed by atoms with Gasteiger partial charge in [-0.15, -0.1) is 0 Å². The van der Waals surface area contributed by atoms with Gasteiger partial charge in [0.2, 0.25) is 11.8 Å². The first kappa shape index (κ1) is 25.7. The molecule has 0 spiro atoms. The van der Waals surface area contributed by atoms with Crippen LogP contribution < -0.4 is 20.9 Å². The fraction of sp³-hybridized carbons (Fsp3) is 0.462. The number of aromatic nitrogens is 1. The minimum absolute atomic E-state index is 0.0796. The Morgan fingerprint density at radius 1 is 1.17 bits per heavy atom. The molecule has 0 unspecified atom stereocenters. The number of carbonyl (C=O) groups excluding carboxylic acids is 3. The molecular formula is C26H32FN5O4. The summed E-state index contributed by atoms with van der Waals surface area (Å²) in [7, 11) is 1.67. The molecule has 0 bridgehead atoms. The number of nitrogens with one attached hydrogen (secondary N) is 3. The van der Waals surface area contributed by atoms with Crippen LogP contribution in [-0.2, 0) is 25.5 Å². The molecule has 3 N–H and O–H groups in total. The van der Waals surface area contributed by atoms with Crippen LogP contribution in [0.4, 0.5) is 15.9 Å². The standard InChI is InChI=1S/C26H32FN5O4/c1-15-6-4-8-19(27)21(15)30-25(34)20-14-18-7-5-11-29-23(18)32(20)26(35)22(17-9-12-36-13-10-17)31-24(33)16(2)28-3/h4-8,11,16-17,20,22,28H,9-10,12-14H2,1-3H3,(H,30,34)(H,31,33)/t16-,20-,22-/m0/s1. The Balaban J connectivity index is 1.67. The minimum Gasteiger partial charge on any atom is -0.381 e. The lowest BCUT2D eigenvalue weighted by Crippen LogP contribution is -2.59. The highest BCUT2D eigenvalue weighted by Crippen LogP contribution is 2.33. The van der Waals surface area contributed by atoms with Crippen molar-refractivity contribution >= 4 is 29.2 Å². The molecule has 1 aromatic heterocycles. The number of halogens is 1. The predicted molar refractivity (Wildman–Crippen MR) is 133 cm³/mol. The molecule has 3 amide bonds. The topological polar surface area (TPSA) is 113 Å². The number of fused-ring (bicyclic) bond motifs is 1. The molecule has 0 aliphatic carbocycles. The van der Waals surface area contributed by atoms with Crippen molar-refractivity contribution in [2.45, 2.75) is 51.2 Å². The highest BCUT2D eigenvalue weighted by Gasteiger charge is 2.44. The average molecular weight is 498 g/mol. The lowest BCUT2D eigenvalue weighted by Gasteiger charge is -2.35. The van der Waals surface area contributed by atoms with E-state index in [0.29, 0.717) is 37.4 Å². The molecular weight excluding hydrogens is 465 g/mol. The summed E-state index contributed by atoms with van der Waals surface area (Å²) in [4.78, 5) is 46.1. The molecule has 0 radical (unpaired) electrons. The molecule has 4 rings (SSSR count). The van der Waals surface area contributed by atoms with Crippen LogP contribution >= 0.6 is 0 Å². The van der Waals surface area contributed by atoms with Gasteiger partial charge in [0, 0.05) is 25.8 Å².